The highest BCUT2D eigenvalue weighted by Crippen LogP contribution is 2.15. The standard InChI is InChI=1S/C14H22N2O2S.ClH/c1-11-5-6-14(10-12(11)2)19(17,18)16-9-7-13-4-3-8-15-13;/h5-6,10,13,15-16H,3-4,7-9H2,1-2H3;1H/t13-;/m1./s1. The Labute approximate surface area is 127 Å². The lowest BCUT2D eigenvalue weighted by molar-refractivity contribution is 0.539. The summed E-state index contributed by atoms with van der Waals surface area (Å²) in [4.78, 5) is 0.356. The molecule has 6 heteroatoms. The number of sulfonamides is 1. The van der Waals surface area contributed by atoms with Gasteiger partial charge in [-0.3, -0.25) is 0 Å². The maximum absolute atomic E-state index is 12.1. The van der Waals surface area contributed by atoms with Gasteiger partial charge in [0.2, 0.25) is 10.0 Å². The molecule has 1 fully saturated rings. The normalized spacial score (nSPS) is 18.8. The molecule has 114 valence electrons. The van der Waals surface area contributed by atoms with Crippen molar-refractivity contribution in [2.45, 2.75) is 44.0 Å². The van der Waals surface area contributed by atoms with Crippen LogP contribution in [0.4, 0.5) is 0 Å². The molecule has 0 amide bonds. The van der Waals surface area contributed by atoms with E-state index >= 15 is 0 Å². The molecule has 4 nitrogen and oxygen atoms in total. The summed E-state index contributed by atoms with van der Waals surface area (Å²) in [6.07, 6.45) is 3.18. The molecule has 1 heterocycles. The second kappa shape index (κ2) is 7.41. The van der Waals surface area contributed by atoms with Crippen LogP contribution < -0.4 is 10.0 Å². The van der Waals surface area contributed by atoms with Crippen molar-refractivity contribution in [3.05, 3.63) is 29.3 Å². The van der Waals surface area contributed by atoms with E-state index in [2.05, 4.69) is 10.0 Å². The summed E-state index contributed by atoms with van der Waals surface area (Å²) in [5.41, 5.74) is 2.11. The summed E-state index contributed by atoms with van der Waals surface area (Å²) >= 11 is 0. The fourth-order valence-electron chi connectivity index (χ4n) is 2.34. The third-order valence-corrected chi connectivity index (χ3v) is 5.19. The average molecular weight is 319 g/mol. The van der Waals surface area contributed by atoms with Gasteiger partial charge in [0, 0.05) is 12.6 Å². The summed E-state index contributed by atoms with van der Waals surface area (Å²) in [7, 11) is -3.37. The quantitative estimate of drug-likeness (QED) is 0.874. The Morgan fingerprint density at radius 1 is 1.30 bits per heavy atom. The number of hydrogen-bond acceptors (Lipinski definition) is 3. The number of aryl methyl sites for hydroxylation is 2. The summed E-state index contributed by atoms with van der Waals surface area (Å²) in [6.45, 7) is 5.45. The molecular formula is C14H23ClN2O2S. The van der Waals surface area contributed by atoms with Crippen molar-refractivity contribution in [1.29, 1.82) is 0 Å². The van der Waals surface area contributed by atoms with Crippen molar-refractivity contribution in [3.8, 4) is 0 Å². The molecule has 1 aromatic carbocycles. The summed E-state index contributed by atoms with van der Waals surface area (Å²) in [5, 5.41) is 3.36. The van der Waals surface area contributed by atoms with Gasteiger partial charge in [0.05, 0.1) is 4.90 Å². The molecule has 0 unspecified atom stereocenters. The van der Waals surface area contributed by atoms with Gasteiger partial charge in [-0.05, 0) is 62.9 Å². The zero-order valence-electron chi connectivity index (χ0n) is 12.0. The minimum atomic E-state index is -3.37. The first-order valence-electron chi connectivity index (χ1n) is 6.79. The Morgan fingerprint density at radius 3 is 2.65 bits per heavy atom. The SMILES string of the molecule is Cc1ccc(S(=O)(=O)NCC[C@H]2CCCN2)cc1C.Cl. The van der Waals surface area contributed by atoms with Crippen LogP contribution in [0, 0.1) is 13.8 Å². The van der Waals surface area contributed by atoms with Gasteiger partial charge in [-0.25, -0.2) is 13.1 Å². The first-order chi connectivity index (χ1) is 8.99. The Kier molecular flexibility index (Phi) is 6.45. The Bertz CT molecular complexity index is 540. The molecule has 2 N–H and O–H groups in total. The van der Waals surface area contributed by atoms with Gasteiger partial charge in [-0.15, -0.1) is 12.4 Å². The molecule has 1 aliphatic rings. The first kappa shape index (κ1) is 17.4. The molecule has 1 aliphatic heterocycles. The van der Waals surface area contributed by atoms with E-state index in [9.17, 15) is 8.42 Å². The van der Waals surface area contributed by atoms with Gasteiger partial charge in [0.25, 0.3) is 0 Å². The summed E-state index contributed by atoms with van der Waals surface area (Å²) in [6, 6.07) is 5.70. The fraction of sp³-hybridized carbons (Fsp3) is 0.571. The van der Waals surface area contributed by atoms with E-state index in [1.165, 1.54) is 6.42 Å². The van der Waals surface area contributed by atoms with E-state index in [0.29, 0.717) is 17.5 Å². The fourth-order valence-corrected chi connectivity index (χ4v) is 3.47. The van der Waals surface area contributed by atoms with Crippen LogP contribution in [-0.2, 0) is 10.0 Å². The molecule has 1 saturated heterocycles. The number of benzene rings is 1. The lowest BCUT2D eigenvalue weighted by Gasteiger charge is -2.12. The van der Waals surface area contributed by atoms with Gasteiger partial charge in [0.15, 0.2) is 0 Å². The van der Waals surface area contributed by atoms with E-state index in [0.717, 1.165) is 30.5 Å². The van der Waals surface area contributed by atoms with Crippen LogP contribution in [0.25, 0.3) is 0 Å². The average Bonchev–Trinajstić information content (AvgIpc) is 2.85. The Morgan fingerprint density at radius 2 is 2.05 bits per heavy atom. The molecule has 0 radical (unpaired) electrons. The van der Waals surface area contributed by atoms with Gasteiger partial charge in [0.1, 0.15) is 0 Å². The van der Waals surface area contributed by atoms with E-state index in [1.54, 1.807) is 12.1 Å². The molecule has 0 aromatic heterocycles. The van der Waals surface area contributed by atoms with E-state index in [1.807, 2.05) is 19.9 Å². The molecule has 0 spiro atoms. The maximum atomic E-state index is 12.1. The molecular weight excluding hydrogens is 296 g/mol. The van der Waals surface area contributed by atoms with Gasteiger partial charge in [-0.1, -0.05) is 6.07 Å². The number of halogens is 1. The van der Waals surface area contributed by atoms with Crippen LogP contribution in [0.15, 0.2) is 23.1 Å². The lowest BCUT2D eigenvalue weighted by Crippen LogP contribution is -2.30. The van der Waals surface area contributed by atoms with Crippen molar-refractivity contribution in [2.75, 3.05) is 13.1 Å². The first-order valence-corrected chi connectivity index (χ1v) is 8.28. The maximum Gasteiger partial charge on any atom is 0.240 e. The molecule has 20 heavy (non-hydrogen) atoms. The van der Waals surface area contributed by atoms with E-state index in [4.69, 9.17) is 0 Å². The van der Waals surface area contributed by atoms with Crippen LogP contribution in [0.3, 0.4) is 0 Å². The van der Waals surface area contributed by atoms with Gasteiger partial charge < -0.3 is 5.32 Å². The predicted octanol–water partition coefficient (Wildman–Crippen LogP) is 2.15. The van der Waals surface area contributed by atoms with Crippen molar-refractivity contribution in [3.63, 3.8) is 0 Å². The van der Waals surface area contributed by atoms with E-state index < -0.39 is 10.0 Å². The van der Waals surface area contributed by atoms with Crippen LogP contribution in [0.1, 0.15) is 30.4 Å². The third kappa shape index (κ3) is 4.45. The molecule has 0 saturated carbocycles. The highest BCUT2D eigenvalue weighted by Gasteiger charge is 2.17. The third-order valence-electron chi connectivity index (χ3n) is 3.74. The van der Waals surface area contributed by atoms with Crippen molar-refractivity contribution in [1.82, 2.24) is 10.0 Å². The zero-order valence-corrected chi connectivity index (χ0v) is 13.6. The van der Waals surface area contributed by atoms with Crippen molar-refractivity contribution >= 4 is 22.4 Å². The summed E-state index contributed by atoms with van der Waals surface area (Å²) < 4.78 is 27.0. The van der Waals surface area contributed by atoms with Crippen LogP contribution in [0.5, 0.6) is 0 Å². The second-order valence-corrected chi connectivity index (χ2v) is 6.99. The van der Waals surface area contributed by atoms with Crippen LogP contribution in [-0.4, -0.2) is 27.5 Å². The van der Waals surface area contributed by atoms with Crippen molar-refractivity contribution < 1.29 is 8.42 Å². The molecule has 1 atom stereocenters. The van der Waals surface area contributed by atoms with Crippen LogP contribution >= 0.6 is 12.4 Å². The summed E-state index contributed by atoms with van der Waals surface area (Å²) in [5.74, 6) is 0. The number of rotatable bonds is 5. The predicted molar refractivity (Wildman–Crippen MR) is 84.0 cm³/mol. The molecule has 2 rings (SSSR count). The van der Waals surface area contributed by atoms with Gasteiger partial charge >= 0.3 is 0 Å². The zero-order chi connectivity index (χ0) is 13.9. The minimum Gasteiger partial charge on any atom is -0.314 e. The topological polar surface area (TPSA) is 58.2 Å². The lowest BCUT2D eigenvalue weighted by atomic mass is 10.1. The largest absolute Gasteiger partial charge is 0.314 e. The Balaban J connectivity index is 0.00000200. The van der Waals surface area contributed by atoms with Crippen LogP contribution in [0.2, 0.25) is 0 Å². The van der Waals surface area contributed by atoms with Gasteiger partial charge in [-0.2, -0.15) is 0 Å². The minimum absolute atomic E-state index is 0. The number of nitrogens with one attached hydrogen (secondary N) is 2. The number of hydrogen-bond donors (Lipinski definition) is 2. The van der Waals surface area contributed by atoms with Crippen molar-refractivity contribution in [2.24, 2.45) is 0 Å². The van der Waals surface area contributed by atoms with E-state index in [-0.39, 0.29) is 12.4 Å². The molecule has 0 aliphatic carbocycles. The second-order valence-electron chi connectivity index (χ2n) is 5.23. The smallest absolute Gasteiger partial charge is 0.240 e. The molecule has 0 bridgehead atoms. The highest BCUT2D eigenvalue weighted by molar-refractivity contribution is 7.89. The molecule has 1 aromatic rings. The Hall–Kier alpha value is -0.620. The highest BCUT2D eigenvalue weighted by atomic mass is 35.5. The monoisotopic (exact) mass is 318 g/mol.